The lowest BCUT2D eigenvalue weighted by Gasteiger charge is -2.19. The number of hydrogen-bond acceptors (Lipinski definition) is 3. The highest BCUT2D eigenvalue weighted by molar-refractivity contribution is 5.45. The van der Waals surface area contributed by atoms with Crippen molar-refractivity contribution in [3.8, 4) is 23.8 Å². The summed E-state index contributed by atoms with van der Waals surface area (Å²) >= 11 is 0. The van der Waals surface area contributed by atoms with E-state index in [0.29, 0.717) is 12.8 Å². The van der Waals surface area contributed by atoms with Crippen LogP contribution in [0.5, 0.6) is 11.5 Å². The first kappa shape index (κ1) is 11.8. The number of ether oxygens (including phenoxy) is 2. The van der Waals surface area contributed by atoms with Gasteiger partial charge in [0.25, 0.3) is 0 Å². The summed E-state index contributed by atoms with van der Waals surface area (Å²) in [6, 6.07) is 6.56. The van der Waals surface area contributed by atoms with Crippen LogP contribution in [0.4, 0.5) is 0 Å². The fraction of sp³-hybridized carbons (Fsp3) is 0.429. The summed E-state index contributed by atoms with van der Waals surface area (Å²) in [5.41, 5.74) is 1.18. The molecule has 1 aromatic rings. The van der Waals surface area contributed by atoms with Crippen LogP contribution < -0.4 is 14.8 Å². The SMILES string of the molecule is C#CCC(C)NC(C)c1ccc2c(c1)OCO2. The maximum Gasteiger partial charge on any atom is 0.231 e. The normalized spacial score (nSPS) is 16.3. The Kier molecular flexibility index (Phi) is 3.55. The first-order valence-corrected chi connectivity index (χ1v) is 5.79. The summed E-state index contributed by atoms with van der Waals surface area (Å²) in [4.78, 5) is 0. The van der Waals surface area contributed by atoms with E-state index in [1.54, 1.807) is 0 Å². The molecule has 90 valence electrons. The van der Waals surface area contributed by atoms with Crippen molar-refractivity contribution >= 4 is 0 Å². The van der Waals surface area contributed by atoms with E-state index in [0.717, 1.165) is 17.9 Å². The Labute approximate surface area is 102 Å². The predicted octanol–water partition coefficient (Wildman–Crippen LogP) is 2.48. The van der Waals surface area contributed by atoms with Gasteiger partial charge in [-0.1, -0.05) is 6.07 Å². The van der Waals surface area contributed by atoms with Crippen LogP contribution in [0.3, 0.4) is 0 Å². The van der Waals surface area contributed by atoms with Gasteiger partial charge in [-0.3, -0.25) is 0 Å². The van der Waals surface area contributed by atoms with Gasteiger partial charge < -0.3 is 14.8 Å². The Morgan fingerprint density at radius 1 is 1.35 bits per heavy atom. The van der Waals surface area contributed by atoms with E-state index < -0.39 is 0 Å². The third-order valence-electron chi connectivity index (χ3n) is 2.86. The largest absolute Gasteiger partial charge is 0.454 e. The molecule has 0 aromatic heterocycles. The number of benzene rings is 1. The molecule has 2 unspecified atom stereocenters. The minimum atomic E-state index is 0.243. The van der Waals surface area contributed by atoms with Crippen molar-refractivity contribution in [2.24, 2.45) is 0 Å². The summed E-state index contributed by atoms with van der Waals surface area (Å²) in [7, 11) is 0. The van der Waals surface area contributed by atoms with Crippen molar-refractivity contribution < 1.29 is 9.47 Å². The van der Waals surface area contributed by atoms with E-state index in [1.807, 2.05) is 18.2 Å². The summed E-state index contributed by atoms with van der Waals surface area (Å²) in [6.07, 6.45) is 6.02. The maximum absolute atomic E-state index is 5.36. The molecule has 0 amide bonds. The highest BCUT2D eigenvalue weighted by atomic mass is 16.7. The second-order valence-electron chi connectivity index (χ2n) is 4.31. The molecule has 1 aromatic carbocycles. The molecule has 0 saturated heterocycles. The Bertz CT molecular complexity index is 436. The molecule has 3 nitrogen and oxygen atoms in total. The van der Waals surface area contributed by atoms with Gasteiger partial charge in [0.2, 0.25) is 6.79 Å². The van der Waals surface area contributed by atoms with Gasteiger partial charge in [0.15, 0.2) is 11.5 Å². The summed E-state index contributed by atoms with van der Waals surface area (Å²) < 4.78 is 10.6. The van der Waals surface area contributed by atoms with Gasteiger partial charge in [-0.15, -0.1) is 12.3 Å². The molecule has 3 heteroatoms. The standard InChI is InChI=1S/C14H17NO2/c1-4-5-10(2)15-11(3)12-6-7-13-14(8-12)17-9-16-13/h1,6-8,10-11,15H,5,9H2,2-3H3. The molecule has 0 radical (unpaired) electrons. The maximum atomic E-state index is 5.36. The van der Waals surface area contributed by atoms with Crippen LogP contribution in [0, 0.1) is 12.3 Å². The molecule has 0 bridgehead atoms. The van der Waals surface area contributed by atoms with Crippen molar-refractivity contribution in [3.05, 3.63) is 23.8 Å². The zero-order valence-electron chi connectivity index (χ0n) is 10.2. The molecule has 17 heavy (non-hydrogen) atoms. The first-order chi connectivity index (χ1) is 8.20. The predicted molar refractivity (Wildman–Crippen MR) is 67.0 cm³/mol. The van der Waals surface area contributed by atoms with Crippen LogP contribution >= 0.6 is 0 Å². The molecule has 0 aliphatic carbocycles. The van der Waals surface area contributed by atoms with Gasteiger partial charge in [-0.05, 0) is 31.5 Å². The minimum absolute atomic E-state index is 0.243. The molecular weight excluding hydrogens is 214 g/mol. The Balaban J connectivity index is 2.04. The van der Waals surface area contributed by atoms with Gasteiger partial charge in [-0.2, -0.15) is 0 Å². The zero-order chi connectivity index (χ0) is 12.3. The van der Waals surface area contributed by atoms with E-state index in [1.165, 1.54) is 5.56 Å². The number of fused-ring (bicyclic) bond motifs is 1. The molecule has 1 N–H and O–H groups in total. The van der Waals surface area contributed by atoms with Gasteiger partial charge in [0.1, 0.15) is 0 Å². The second kappa shape index (κ2) is 5.11. The Morgan fingerprint density at radius 3 is 2.88 bits per heavy atom. The second-order valence-corrected chi connectivity index (χ2v) is 4.31. The number of terminal acetylenes is 1. The number of hydrogen-bond donors (Lipinski definition) is 1. The lowest BCUT2D eigenvalue weighted by Crippen LogP contribution is -2.28. The Morgan fingerprint density at radius 2 is 2.12 bits per heavy atom. The van der Waals surface area contributed by atoms with Gasteiger partial charge >= 0.3 is 0 Å². The quantitative estimate of drug-likeness (QED) is 0.807. The number of rotatable bonds is 4. The van der Waals surface area contributed by atoms with Gasteiger partial charge in [0.05, 0.1) is 0 Å². The van der Waals surface area contributed by atoms with Crippen LogP contribution in [-0.2, 0) is 0 Å². The molecule has 2 rings (SSSR count). The molecule has 1 heterocycles. The van der Waals surface area contributed by atoms with Crippen molar-refractivity contribution in [2.75, 3.05) is 6.79 Å². The molecule has 2 atom stereocenters. The highest BCUT2D eigenvalue weighted by Gasteiger charge is 2.16. The fourth-order valence-electron chi connectivity index (χ4n) is 1.94. The first-order valence-electron chi connectivity index (χ1n) is 5.79. The van der Waals surface area contributed by atoms with E-state index in [2.05, 4.69) is 25.1 Å². The average molecular weight is 231 g/mol. The van der Waals surface area contributed by atoms with E-state index in [9.17, 15) is 0 Å². The third-order valence-corrected chi connectivity index (χ3v) is 2.86. The highest BCUT2D eigenvalue weighted by Crippen LogP contribution is 2.34. The molecule has 0 spiro atoms. The smallest absolute Gasteiger partial charge is 0.231 e. The fourth-order valence-corrected chi connectivity index (χ4v) is 1.94. The molecule has 1 aliphatic rings. The van der Waals surface area contributed by atoms with Gasteiger partial charge in [-0.25, -0.2) is 0 Å². The lowest BCUT2D eigenvalue weighted by molar-refractivity contribution is 0.174. The third kappa shape index (κ3) is 2.72. The Hall–Kier alpha value is -1.66. The molecule has 0 saturated carbocycles. The number of nitrogens with one attached hydrogen (secondary N) is 1. The average Bonchev–Trinajstić information content (AvgIpc) is 2.75. The van der Waals surface area contributed by atoms with Gasteiger partial charge in [0, 0.05) is 18.5 Å². The van der Waals surface area contributed by atoms with Crippen LogP contribution in [0.25, 0.3) is 0 Å². The summed E-state index contributed by atoms with van der Waals surface area (Å²) in [5, 5.41) is 3.45. The van der Waals surface area contributed by atoms with Crippen molar-refractivity contribution in [2.45, 2.75) is 32.4 Å². The molecular formula is C14H17NO2. The van der Waals surface area contributed by atoms with Crippen LogP contribution in [-0.4, -0.2) is 12.8 Å². The van der Waals surface area contributed by atoms with E-state index in [4.69, 9.17) is 15.9 Å². The van der Waals surface area contributed by atoms with Crippen LogP contribution in [0.2, 0.25) is 0 Å². The topological polar surface area (TPSA) is 30.5 Å². The van der Waals surface area contributed by atoms with Crippen molar-refractivity contribution in [3.63, 3.8) is 0 Å². The molecule has 1 aliphatic heterocycles. The van der Waals surface area contributed by atoms with Crippen molar-refractivity contribution in [1.82, 2.24) is 5.32 Å². The van der Waals surface area contributed by atoms with E-state index in [-0.39, 0.29) is 6.04 Å². The molecule has 0 fully saturated rings. The zero-order valence-corrected chi connectivity index (χ0v) is 10.2. The monoisotopic (exact) mass is 231 g/mol. The minimum Gasteiger partial charge on any atom is -0.454 e. The van der Waals surface area contributed by atoms with Crippen molar-refractivity contribution in [1.29, 1.82) is 0 Å². The van der Waals surface area contributed by atoms with E-state index >= 15 is 0 Å². The summed E-state index contributed by atoms with van der Waals surface area (Å²) in [6.45, 7) is 4.52. The summed E-state index contributed by atoms with van der Waals surface area (Å²) in [5.74, 6) is 4.30. The van der Waals surface area contributed by atoms with Crippen LogP contribution in [0.15, 0.2) is 18.2 Å². The van der Waals surface area contributed by atoms with Crippen LogP contribution in [0.1, 0.15) is 31.9 Å². The lowest BCUT2D eigenvalue weighted by atomic mass is 10.1.